The summed E-state index contributed by atoms with van der Waals surface area (Å²) in [6.45, 7) is 1.20. The fourth-order valence-corrected chi connectivity index (χ4v) is 2.88. The largest absolute Gasteiger partial charge is 0.369 e. The topological polar surface area (TPSA) is 69.0 Å². The number of hydrogen-bond acceptors (Lipinski definition) is 4. The van der Waals surface area contributed by atoms with E-state index in [0.29, 0.717) is 43.0 Å². The van der Waals surface area contributed by atoms with Crippen LogP contribution in [0, 0.1) is 23.1 Å². The Kier molecular flexibility index (Phi) is 4.71. The monoisotopic (exact) mass is 324 g/mol. The highest BCUT2D eigenvalue weighted by atomic mass is 19.1. The number of piperidine rings is 1. The van der Waals surface area contributed by atoms with Crippen LogP contribution in [0.4, 0.5) is 15.9 Å². The molecule has 1 aromatic heterocycles. The van der Waals surface area contributed by atoms with E-state index < -0.39 is 5.82 Å². The Hall–Kier alpha value is -2.94. The second kappa shape index (κ2) is 7.09. The van der Waals surface area contributed by atoms with Crippen molar-refractivity contribution >= 4 is 17.4 Å². The number of anilines is 2. The number of benzene rings is 1. The second-order valence-electron chi connectivity index (χ2n) is 5.74. The highest BCUT2D eigenvalue weighted by Crippen LogP contribution is 2.26. The molecule has 2 heterocycles. The molecule has 0 atom stereocenters. The highest BCUT2D eigenvalue weighted by Gasteiger charge is 2.26. The maximum absolute atomic E-state index is 14.1. The van der Waals surface area contributed by atoms with E-state index in [0.717, 1.165) is 0 Å². The molecule has 2 aromatic rings. The van der Waals surface area contributed by atoms with E-state index in [1.165, 1.54) is 6.07 Å². The number of halogens is 1. The number of nitriles is 1. The van der Waals surface area contributed by atoms with Crippen LogP contribution in [0.15, 0.2) is 42.6 Å². The van der Waals surface area contributed by atoms with Gasteiger partial charge in [-0.15, -0.1) is 0 Å². The minimum atomic E-state index is -0.398. The molecule has 1 amide bonds. The zero-order chi connectivity index (χ0) is 16.9. The van der Waals surface area contributed by atoms with E-state index in [-0.39, 0.29) is 11.8 Å². The Balaban J connectivity index is 1.60. The Bertz CT molecular complexity index is 764. The lowest BCUT2D eigenvalue weighted by atomic mass is 9.95. The van der Waals surface area contributed by atoms with Gasteiger partial charge in [0.15, 0.2) is 0 Å². The van der Waals surface area contributed by atoms with Crippen LogP contribution in [-0.4, -0.2) is 24.0 Å². The standard InChI is InChI=1S/C18H17FN4O/c19-15-11-13(12-20)4-5-16(15)23-9-6-14(7-10-23)18(24)22-17-3-1-2-8-21-17/h1-5,8,11,14H,6-7,9-10H2,(H,21,22,24). The molecule has 24 heavy (non-hydrogen) atoms. The van der Waals surface area contributed by atoms with Crippen LogP contribution in [0.25, 0.3) is 0 Å². The van der Waals surface area contributed by atoms with Gasteiger partial charge >= 0.3 is 0 Å². The van der Waals surface area contributed by atoms with Crippen molar-refractivity contribution in [3.8, 4) is 6.07 Å². The summed E-state index contributed by atoms with van der Waals surface area (Å²) in [6.07, 6.45) is 2.93. The summed E-state index contributed by atoms with van der Waals surface area (Å²) >= 11 is 0. The summed E-state index contributed by atoms with van der Waals surface area (Å²) in [7, 11) is 0. The fraction of sp³-hybridized carbons (Fsp3) is 0.278. The summed E-state index contributed by atoms with van der Waals surface area (Å²) in [4.78, 5) is 18.3. The van der Waals surface area contributed by atoms with Gasteiger partial charge in [-0.05, 0) is 43.2 Å². The molecule has 6 heteroatoms. The first kappa shape index (κ1) is 15.9. The van der Waals surface area contributed by atoms with Gasteiger partial charge in [-0.25, -0.2) is 9.37 Å². The first-order chi connectivity index (χ1) is 11.7. The molecule has 5 nitrogen and oxygen atoms in total. The maximum Gasteiger partial charge on any atom is 0.228 e. The smallest absolute Gasteiger partial charge is 0.228 e. The molecule has 3 rings (SSSR count). The van der Waals surface area contributed by atoms with Gasteiger partial charge in [0.25, 0.3) is 0 Å². The van der Waals surface area contributed by atoms with Crippen molar-refractivity contribution in [2.45, 2.75) is 12.8 Å². The molecule has 1 fully saturated rings. The minimum absolute atomic E-state index is 0.0475. The molecular weight excluding hydrogens is 307 g/mol. The molecule has 0 radical (unpaired) electrons. The molecule has 0 saturated carbocycles. The lowest BCUT2D eigenvalue weighted by Gasteiger charge is -2.33. The van der Waals surface area contributed by atoms with Crippen molar-refractivity contribution < 1.29 is 9.18 Å². The van der Waals surface area contributed by atoms with Crippen molar-refractivity contribution in [2.75, 3.05) is 23.3 Å². The lowest BCUT2D eigenvalue weighted by molar-refractivity contribution is -0.120. The van der Waals surface area contributed by atoms with Gasteiger partial charge in [0, 0.05) is 25.2 Å². The van der Waals surface area contributed by atoms with Gasteiger partial charge < -0.3 is 10.2 Å². The van der Waals surface area contributed by atoms with Crippen molar-refractivity contribution in [1.29, 1.82) is 5.26 Å². The van der Waals surface area contributed by atoms with Crippen molar-refractivity contribution in [2.24, 2.45) is 5.92 Å². The molecule has 1 aromatic carbocycles. The van der Waals surface area contributed by atoms with Crippen molar-refractivity contribution in [1.82, 2.24) is 4.98 Å². The molecule has 0 aliphatic carbocycles. The number of aromatic nitrogens is 1. The number of pyridine rings is 1. The number of hydrogen-bond donors (Lipinski definition) is 1. The van der Waals surface area contributed by atoms with E-state index in [4.69, 9.17) is 5.26 Å². The minimum Gasteiger partial charge on any atom is -0.369 e. The zero-order valence-electron chi connectivity index (χ0n) is 13.1. The number of nitrogens with one attached hydrogen (secondary N) is 1. The number of carbonyl (C=O) groups excluding carboxylic acids is 1. The second-order valence-corrected chi connectivity index (χ2v) is 5.74. The summed E-state index contributed by atoms with van der Waals surface area (Å²) in [5, 5.41) is 11.6. The third kappa shape index (κ3) is 3.51. The Morgan fingerprint density at radius 1 is 1.29 bits per heavy atom. The third-order valence-corrected chi connectivity index (χ3v) is 4.20. The highest BCUT2D eigenvalue weighted by molar-refractivity contribution is 5.91. The molecule has 0 unspecified atom stereocenters. The predicted octanol–water partition coefficient (Wildman–Crippen LogP) is 2.95. The Morgan fingerprint density at radius 2 is 2.08 bits per heavy atom. The molecule has 1 saturated heterocycles. The molecule has 1 aliphatic heterocycles. The quantitative estimate of drug-likeness (QED) is 0.942. The zero-order valence-corrected chi connectivity index (χ0v) is 13.1. The van der Waals surface area contributed by atoms with Gasteiger partial charge in [-0.2, -0.15) is 5.26 Å². The van der Waals surface area contributed by atoms with E-state index in [1.54, 1.807) is 30.5 Å². The summed E-state index contributed by atoms with van der Waals surface area (Å²) in [6, 6.07) is 11.8. The van der Waals surface area contributed by atoms with Crippen LogP contribution in [0.5, 0.6) is 0 Å². The van der Waals surface area contributed by atoms with Gasteiger partial charge in [0.1, 0.15) is 11.6 Å². The van der Waals surface area contributed by atoms with E-state index in [1.807, 2.05) is 17.0 Å². The lowest BCUT2D eigenvalue weighted by Crippen LogP contribution is -2.38. The van der Waals surface area contributed by atoms with Crippen LogP contribution in [0.3, 0.4) is 0 Å². The first-order valence-corrected chi connectivity index (χ1v) is 7.84. The van der Waals surface area contributed by atoms with Crippen molar-refractivity contribution in [3.05, 3.63) is 54.0 Å². The molecular formula is C18H17FN4O. The maximum atomic E-state index is 14.1. The SMILES string of the molecule is N#Cc1ccc(N2CCC(C(=O)Nc3ccccn3)CC2)c(F)c1. The Labute approximate surface area is 139 Å². The predicted molar refractivity (Wildman–Crippen MR) is 88.9 cm³/mol. The van der Waals surface area contributed by atoms with E-state index >= 15 is 0 Å². The van der Waals surface area contributed by atoms with Gasteiger partial charge in [0.2, 0.25) is 5.91 Å². The summed E-state index contributed by atoms with van der Waals surface area (Å²) in [5.74, 6) is -0.00754. The molecule has 1 N–H and O–H groups in total. The van der Waals surface area contributed by atoms with Crippen molar-refractivity contribution in [3.63, 3.8) is 0 Å². The average Bonchev–Trinajstić information content (AvgIpc) is 2.62. The van der Waals surface area contributed by atoms with Gasteiger partial charge in [-0.3, -0.25) is 4.79 Å². The number of carbonyl (C=O) groups is 1. The normalized spacial score (nSPS) is 14.9. The van der Waals surface area contributed by atoms with Crippen LogP contribution in [0.1, 0.15) is 18.4 Å². The first-order valence-electron chi connectivity index (χ1n) is 7.84. The summed E-state index contributed by atoms with van der Waals surface area (Å²) in [5.41, 5.74) is 0.790. The number of amides is 1. The van der Waals surface area contributed by atoms with E-state index in [2.05, 4.69) is 10.3 Å². The van der Waals surface area contributed by atoms with Gasteiger partial charge in [0.05, 0.1) is 17.3 Å². The molecule has 122 valence electrons. The fourth-order valence-electron chi connectivity index (χ4n) is 2.88. The average molecular weight is 324 g/mol. The van der Waals surface area contributed by atoms with Gasteiger partial charge in [-0.1, -0.05) is 6.07 Å². The summed E-state index contributed by atoms with van der Waals surface area (Å²) < 4.78 is 14.1. The molecule has 0 bridgehead atoms. The number of rotatable bonds is 3. The van der Waals surface area contributed by atoms with E-state index in [9.17, 15) is 9.18 Å². The van der Waals surface area contributed by atoms with Crippen LogP contribution in [-0.2, 0) is 4.79 Å². The molecule has 0 spiro atoms. The van der Waals surface area contributed by atoms with Crippen LogP contribution >= 0.6 is 0 Å². The molecule has 1 aliphatic rings. The number of nitrogens with zero attached hydrogens (tertiary/aromatic N) is 3. The van der Waals surface area contributed by atoms with Crippen LogP contribution in [0.2, 0.25) is 0 Å². The van der Waals surface area contributed by atoms with Crippen LogP contribution < -0.4 is 10.2 Å². The Morgan fingerprint density at radius 3 is 2.71 bits per heavy atom. The third-order valence-electron chi connectivity index (χ3n) is 4.20.